The Bertz CT molecular complexity index is 1590. The maximum atomic E-state index is 14.4. The fourth-order valence-corrected chi connectivity index (χ4v) is 7.30. The zero-order valence-corrected chi connectivity index (χ0v) is 24.1. The van der Waals surface area contributed by atoms with Gasteiger partial charge in [-0.2, -0.15) is 0 Å². The van der Waals surface area contributed by atoms with Crippen molar-refractivity contribution in [2.24, 2.45) is 5.92 Å². The number of nitrogens with zero attached hydrogens (tertiary/aromatic N) is 3. The number of amides is 3. The molecule has 9 heteroatoms. The minimum absolute atomic E-state index is 0.0735. The van der Waals surface area contributed by atoms with E-state index in [1.54, 1.807) is 14.7 Å². The average Bonchev–Trinajstić information content (AvgIpc) is 3.67. The van der Waals surface area contributed by atoms with E-state index in [2.05, 4.69) is 6.07 Å². The Kier molecular flexibility index (Phi) is 6.94. The number of carbonyl (C=O) groups excluding carboxylic acids is 3. The summed E-state index contributed by atoms with van der Waals surface area (Å²) in [5, 5.41) is 10.1. The minimum atomic E-state index is -1.18. The summed E-state index contributed by atoms with van der Waals surface area (Å²) >= 11 is 0. The predicted octanol–water partition coefficient (Wildman–Crippen LogP) is 4.15. The van der Waals surface area contributed by atoms with Gasteiger partial charge in [0.1, 0.15) is 6.61 Å². The van der Waals surface area contributed by atoms with Gasteiger partial charge in [0, 0.05) is 23.7 Å². The first kappa shape index (κ1) is 27.6. The van der Waals surface area contributed by atoms with Crippen LogP contribution in [-0.2, 0) is 44.2 Å². The smallest absolute Gasteiger partial charge is 0.414 e. The van der Waals surface area contributed by atoms with Crippen molar-refractivity contribution in [3.8, 4) is 0 Å². The molecule has 7 rings (SSSR count). The molecule has 1 spiro atoms. The Balaban J connectivity index is 1.12. The summed E-state index contributed by atoms with van der Waals surface area (Å²) in [6, 6.07) is 23.1. The number of fused-ring (bicyclic) bond motifs is 3. The summed E-state index contributed by atoms with van der Waals surface area (Å²) in [5.41, 5.74) is 4.32. The second kappa shape index (κ2) is 10.8. The maximum absolute atomic E-state index is 14.4. The molecule has 0 bridgehead atoms. The van der Waals surface area contributed by atoms with Crippen LogP contribution in [0, 0.1) is 5.92 Å². The van der Waals surface area contributed by atoms with Crippen LogP contribution in [0.5, 0.6) is 0 Å². The highest BCUT2D eigenvalue weighted by molar-refractivity contribution is 6.07. The molecule has 1 N–H and O–H groups in total. The molecule has 4 aliphatic rings. The van der Waals surface area contributed by atoms with E-state index in [4.69, 9.17) is 9.47 Å². The highest BCUT2D eigenvalue weighted by Crippen LogP contribution is 2.54. The highest BCUT2D eigenvalue weighted by atomic mass is 16.6. The van der Waals surface area contributed by atoms with Crippen LogP contribution in [0.3, 0.4) is 0 Å². The van der Waals surface area contributed by atoms with Crippen LogP contribution < -0.4 is 9.80 Å². The number of carbonyl (C=O) groups is 3. The number of hydrogen-bond donors (Lipinski definition) is 1. The molecule has 0 unspecified atom stereocenters. The molecular formula is C34H35N3O6. The van der Waals surface area contributed by atoms with Crippen LogP contribution in [-0.4, -0.2) is 59.8 Å². The van der Waals surface area contributed by atoms with Gasteiger partial charge in [-0.15, -0.1) is 0 Å². The lowest BCUT2D eigenvalue weighted by Crippen LogP contribution is -2.47. The lowest BCUT2D eigenvalue weighted by atomic mass is 9.83. The topological polar surface area (TPSA) is 99.6 Å². The zero-order chi connectivity index (χ0) is 29.7. The lowest BCUT2D eigenvalue weighted by Gasteiger charge is -2.36. The summed E-state index contributed by atoms with van der Waals surface area (Å²) in [5.74, 6) is -0.358. The number of benzene rings is 3. The van der Waals surface area contributed by atoms with E-state index in [-0.39, 0.29) is 42.9 Å². The van der Waals surface area contributed by atoms with Crippen LogP contribution in [0.4, 0.5) is 16.2 Å². The van der Waals surface area contributed by atoms with Gasteiger partial charge in [-0.05, 0) is 47.7 Å². The second-order valence-electron chi connectivity index (χ2n) is 12.0. The van der Waals surface area contributed by atoms with Crippen molar-refractivity contribution < 1.29 is 29.0 Å². The number of para-hydroxylation sites is 1. The number of cyclic esters (lactones) is 1. The predicted molar refractivity (Wildman–Crippen MR) is 159 cm³/mol. The molecular weight excluding hydrogens is 546 g/mol. The molecule has 0 aliphatic carbocycles. The Morgan fingerprint density at radius 3 is 2.60 bits per heavy atom. The minimum Gasteiger partial charge on any atom is -0.447 e. The molecule has 0 saturated carbocycles. The van der Waals surface area contributed by atoms with E-state index in [1.807, 2.05) is 73.7 Å². The molecule has 2 saturated heterocycles. The van der Waals surface area contributed by atoms with E-state index >= 15 is 0 Å². The van der Waals surface area contributed by atoms with Gasteiger partial charge in [-0.25, -0.2) is 4.79 Å². The summed E-state index contributed by atoms with van der Waals surface area (Å²) < 4.78 is 11.8. The summed E-state index contributed by atoms with van der Waals surface area (Å²) in [7, 11) is 0. The number of aliphatic hydroxyl groups excluding tert-OH is 1. The van der Waals surface area contributed by atoms with E-state index in [0.717, 1.165) is 33.6 Å². The van der Waals surface area contributed by atoms with Crippen LogP contribution in [0.1, 0.15) is 42.0 Å². The first-order chi connectivity index (χ1) is 20.9. The summed E-state index contributed by atoms with van der Waals surface area (Å²) in [4.78, 5) is 45.3. The molecule has 3 aromatic carbocycles. The number of ether oxygens (including phenoxy) is 2. The SMILES string of the molecule is C[C@H]1C[C@@H](CC(=O)N2Cc3ccccc3C[C@H]2CO)O[C@]12C(=O)N(Cc1cccc(N3CCOC3=O)c1)c1ccccc12. The number of aliphatic hydroxyl groups is 1. The molecule has 4 aliphatic heterocycles. The Labute approximate surface area is 250 Å². The molecule has 3 aromatic rings. The van der Waals surface area contributed by atoms with Crippen LogP contribution >= 0.6 is 0 Å². The molecule has 0 radical (unpaired) electrons. The van der Waals surface area contributed by atoms with E-state index in [1.165, 1.54) is 0 Å². The van der Waals surface area contributed by atoms with Crippen molar-refractivity contribution in [2.45, 2.75) is 57.0 Å². The van der Waals surface area contributed by atoms with E-state index in [9.17, 15) is 19.5 Å². The van der Waals surface area contributed by atoms with Gasteiger partial charge in [0.2, 0.25) is 5.91 Å². The quantitative estimate of drug-likeness (QED) is 0.470. The van der Waals surface area contributed by atoms with Gasteiger partial charge >= 0.3 is 6.09 Å². The van der Waals surface area contributed by atoms with Gasteiger partial charge < -0.3 is 24.4 Å². The van der Waals surface area contributed by atoms with Crippen LogP contribution in [0.2, 0.25) is 0 Å². The first-order valence-corrected chi connectivity index (χ1v) is 15.0. The van der Waals surface area contributed by atoms with E-state index < -0.39 is 11.7 Å². The normalized spacial score (nSPS) is 26.2. The fourth-order valence-electron chi connectivity index (χ4n) is 7.30. The third kappa shape index (κ3) is 4.58. The standard InChI is InChI=1S/C34H35N3O6/c1-22-15-28(18-31(39)36-20-25-9-3-2-8-24(25)17-27(36)21-38)43-34(22)29-11-4-5-12-30(29)37(32(34)40)19-23-7-6-10-26(16-23)35-13-14-42-33(35)41/h2-12,16,22,27-28,38H,13-15,17-21H2,1H3/t22-,27-,28-,34+/m0/s1. The monoisotopic (exact) mass is 581 g/mol. The molecule has 4 atom stereocenters. The molecule has 2 fully saturated rings. The van der Waals surface area contributed by atoms with Crippen molar-refractivity contribution in [3.05, 3.63) is 95.1 Å². The second-order valence-corrected chi connectivity index (χ2v) is 12.0. The van der Waals surface area contributed by atoms with Crippen LogP contribution in [0.15, 0.2) is 72.8 Å². The van der Waals surface area contributed by atoms with E-state index in [0.29, 0.717) is 39.1 Å². The Morgan fingerprint density at radius 2 is 1.81 bits per heavy atom. The van der Waals surface area contributed by atoms with Gasteiger partial charge in [-0.1, -0.05) is 61.5 Å². The van der Waals surface area contributed by atoms with Crippen molar-refractivity contribution in [1.82, 2.24) is 4.90 Å². The average molecular weight is 582 g/mol. The molecule has 3 amide bonds. The maximum Gasteiger partial charge on any atom is 0.414 e. The summed E-state index contributed by atoms with van der Waals surface area (Å²) in [6.07, 6.45) is 0.534. The molecule has 9 nitrogen and oxygen atoms in total. The largest absolute Gasteiger partial charge is 0.447 e. The van der Waals surface area contributed by atoms with Crippen molar-refractivity contribution in [1.29, 1.82) is 0 Å². The number of hydrogen-bond acceptors (Lipinski definition) is 6. The zero-order valence-electron chi connectivity index (χ0n) is 24.1. The van der Waals surface area contributed by atoms with Crippen molar-refractivity contribution >= 4 is 29.3 Å². The van der Waals surface area contributed by atoms with Gasteiger partial charge in [0.15, 0.2) is 5.60 Å². The highest BCUT2D eigenvalue weighted by Gasteiger charge is 2.60. The number of anilines is 2. The lowest BCUT2D eigenvalue weighted by molar-refractivity contribution is -0.151. The Hall–Kier alpha value is -4.21. The van der Waals surface area contributed by atoms with Crippen molar-refractivity contribution in [2.75, 3.05) is 29.6 Å². The van der Waals surface area contributed by atoms with Crippen LogP contribution in [0.25, 0.3) is 0 Å². The third-order valence-corrected chi connectivity index (χ3v) is 9.43. The Morgan fingerprint density at radius 1 is 1.02 bits per heavy atom. The van der Waals surface area contributed by atoms with Gasteiger partial charge in [-0.3, -0.25) is 14.5 Å². The molecule has 0 aromatic heterocycles. The van der Waals surface area contributed by atoms with Gasteiger partial charge in [0.05, 0.1) is 44.0 Å². The summed E-state index contributed by atoms with van der Waals surface area (Å²) in [6.45, 7) is 3.54. The molecule has 222 valence electrons. The van der Waals surface area contributed by atoms with Gasteiger partial charge in [0.25, 0.3) is 5.91 Å². The third-order valence-electron chi connectivity index (χ3n) is 9.43. The molecule has 43 heavy (non-hydrogen) atoms. The number of rotatable bonds is 6. The fraction of sp³-hybridized carbons (Fsp3) is 0.382. The molecule has 4 heterocycles. The van der Waals surface area contributed by atoms with Crippen molar-refractivity contribution in [3.63, 3.8) is 0 Å². The first-order valence-electron chi connectivity index (χ1n) is 15.0.